The lowest BCUT2D eigenvalue weighted by Crippen LogP contribution is -2.40. The van der Waals surface area contributed by atoms with E-state index in [2.05, 4.69) is 15.9 Å². The fourth-order valence-electron chi connectivity index (χ4n) is 5.50. The molecule has 0 radical (unpaired) electrons. The fraction of sp³-hybridized carbons (Fsp3) is 0.265. The smallest absolute Gasteiger partial charge is 0.338 e. The molecule has 0 fully saturated rings. The number of fused-ring (bicyclic) bond motifs is 1. The minimum atomic E-state index is -0.955. The topological polar surface area (TPSA) is 184 Å². The molecule has 0 spiro atoms. The van der Waals surface area contributed by atoms with E-state index in [1.807, 2.05) is 6.92 Å². The second-order valence-corrected chi connectivity index (χ2v) is 12.7. The van der Waals surface area contributed by atoms with Crippen LogP contribution in [0.3, 0.4) is 0 Å². The van der Waals surface area contributed by atoms with Gasteiger partial charge in [0, 0.05) is 11.6 Å². The maximum atomic E-state index is 14.3. The van der Waals surface area contributed by atoms with Gasteiger partial charge in [-0.15, -0.1) is 0 Å². The first kappa shape index (κ1) is 36.7. The summed E-state index contributed by atoms with van der Waals surface area (Å²) in [6.45, 7) is 3.77. The molecule has 266 valence electrons. The minimum absolute atomic E-state index is 0.0569. The second kappa shape index (κ2) is 15.6. The third kappa shape index (κ3) is 7.34. The van der Waals surface area contributed by atoms with Crippen LogP contribution < -0.4 is 33.8 Å². The number of carbonyl (C=O) groups is 1. The molecule has 1 aliphatic heterocycles. The summed E-state index contributed by atoms with van der Waals surface area (Å²) in [5.74, 6) is 0.257. The van der Waals surface area contributed by atoms with Crippen molar-refractivity contribution in [2.45, 2.75) is 32.7 Å². The molecule has 1 aliphatic rings. The number of benzene rings is 3. The van der Waals surface area contributed by atoms with Crippen LogP contribution in [-0.4, -0.2) is 48.3 Å². The van der Waals surface area contributed by atoms with Crippen LogP contribution in [0.5, 0.6) is 28.7 Å². The number of rotatable bonds is 13. The zero-order valence-electron chi connectivity index (χ0n) is 28.0. The SMILES string of the molecule is CCCC1=C(C(=O)OCC)[C@H](c2cc(OC)ccc2OC)n2c(s/c(=C\c3cc(Br)c(Oc4ccc([N+](=O)[O-])cc4[N+](=O)[O-])c(OC)c3)c2=O)=N1. The van der Waals surface area contributed by atoms with Gasteiger partial charge >= 0.3 is 11.7 Å². The molecule has 15 nitrogen and oxygen atoms in total. The number of halogens is 1. The first-order chi connectivity index (χ1) is 24.4. The number of hydrogen-bond donors (Lipinski definition) is 0. The molecule has 0 saturated heterocycles. The lowest BCUT2D eigenvalue weighted by atomic mass is 9.93. The van der Waals surface area contributed by atoms with Gasteiger partial charge in [-0.25, -0.2) is 9.79 Å². The molecule has 0 N–H and O–H groups in total. The summed E-state index contributed by atoms with van der Waals surface area (Å²) >= 11 is 4.56. The van der Waals surface area contributed by atoms with Crippen LogP contribution in [0.2, 0.25) is 0 Å². The molecule has 0 saturated carbocycles. The molecule has 3 aromatic carbocycles. The van der Waals surface area contributed by atoms with E-state index in [1.165, 1.54) is 25.9 Å². The maximum Gasteiger partial charge on any atom is 0.338 e. The largest absolute Gasteiger partial charge is 0.497 e. The molecular weight excluding hydrogens is 752 g/mol. The molecule has 0 unspecified atom stereocenters. The molecule has 51 heavy (non-hydrogen) atoms. The summed E-state index contributed by atoms with van der Waals surface area (Å²) in [6.07, 6.45) is 2.73. The Morgan fingerprint density at radius 1 is 0.980 bits per heavy atom. The number of nitro groups is 2. The van der Waals surface area contributed by atoms with Crippen molar-refractivity contribution in [3.8, 4) is 28.7 Å². The first-order valence-electron chi connectivity index (χ1n) is 15.4. The predicted octanol–water partition coefficient (Wildman–Crippen LogP) is 5.98. The van der Waals surface area contributed by atoms with Crippen LogP contribution in [0.15, 0.2) is 74.1 Å². The molecule has 0 bridgehead atoms. The lowest BCUT2D eigenvalue weighted by Gasteiger charge is -2.27. The third-order valence-electron chi connectivity index (χ3n) is 7.74. The number of hydrogen-bond acceptors (Lipinski definition) is 13. The Morgan fingerprint density at radius 2 is 1.71 bits per heavy atom. The number of ether oxygens (including phenoxy) is 5. The number of carbonyl (C=O) groups excluding carboxylic acids is 1. The van der Waals surface area contributed by atoms with Crippen LogP contribution >= 0.6 is 27.3 Å². The molecule has 1 atom stereocenters. The van der Waals surface area contributed by atoms with E-state index in [9.17, 15) is 29.8 Å². The van der Waals surface area contributed by atoms with E-state index in [0.29, 0.717) is 50.4 Å². The molecule has 5 rings (SSSR count). The Hall–Kier alpha value is -5.55. The Morgan fingerprint density at radius 3 is 2.33 bits per heavy atom. The van der Waals surface area contributed by atoms with E-state index >= 15 is 0 Å². The summed E-state index contributed by atoms with van der Waals surface area (Å²) in [7, 11) is 4.37. The quantitative estimate of drug-likeness (QED) is 0.0884. The highest BCUT2D eigenvalue weighted by molar-refractivity contribution is 9.10. The van der Waals surface area contributed by atoms with E-state index in [-0.39, 0.29) is 34.0 Å². The van der Waals surface area contributed by atoms with Gasteiger partial charge < -0.3 is 23.7 Å². The molecule has 17 heteroatoms. The molecule has 1 aromatic heterocycles. The third-order valence-corrected chi connectivity index (χ3v) is 9.31. The molecule has 4 aromatic rings. The summed E-state index contributed by atoms with van der Waals surface area (Å²) in [5.41, 5.74) is 0.171. The van der Waals surface area contributed by atoms with Crippen molar-refractivity contribution in [2.24, 2.45) is 4.99 Å². The van der Waals surface area contributed by atoms with Crippen molar-refractivity contribution in [3.63, 3.8) is 0 Å². The van der Waals surface area contributed by atoms with Crippen molar-refractivity contribution in [2.75, 3.05) is 27.9 Å². The summed E-state index contributed by atoms with van der Waals surface area (Å²) in [4.78, 5) is 54.4. The minimum Gasteiger partial charge on any atom is -0.497 e. The number of aromatic nitrogens is 1. The Kier molecular flexibility index (Phi) is 11.2. The molecule has 0 amide bonds. The van der Waals surface area contributed by atoms with Gasteiger partial charge in [-0.2, -0.15) is 0 Å². The highest BCUT2D eigenvalue weighted by Gasteiger charge is 2.36. The second-order valence-electron chi connectivity index (χ2n) is 10.8. The monoisotopic (exact) mass is 782 g/mol. The number of nitrogens with zero attached hydrogens (tertiary/aromatic N) is 4. The first-order valence-corrected chi connectivity index (χ1v) is 17.0. The van der Waals surface area contributed by atoms with Crippen LogP contribution in [0, 0.1) is 20.2 Å². The lowest BCUT2D eigenvalue weighted by molar-refractivity contribution is -0.394. The highest BCUT2D eigenvalue weighted by atomic mass is 79.9. The number of allylic oxidation sites excluding steroid dienone is 1. The van der Waals surface area contributed by atoms with Gasteiger partial charge in [-0.1, -0.05) is 24.7 Å². The fourth-order valence-corrected chi connectivity index (χ4v) is 7.06. The Bertz CT molecular complexity index is 2260. The number of methoxy groups -OCH3 is 3. The van der Waals surface area contributed by atoms with Gasteiger partial charge in [0.15, 0.2) is 16.3 Å². The van der Waals surface area contributed by atoms with E-state index in [1.54, 1.807) is 43.3 Å². The average molecular weight is 784 g/mol. The summed E-state index contributed by atoms with van der Waals surface area (Å²) < 4.78 is 30.1. The number of esters is 1. The highest BCUT2D eigenvalue weighted by Crippen LogP contribution is 2.43. The average Bonchev–Trinajstić information content (AvgIpc) is 3.41. The molecular formula is C34H31BrN4O11S. The standard InChI is InChI=1S/C34H31BrN4O11S/c1-6-8-23-29(33(41)49-7-2)30(21-17-20(46-3)10-12-25(21)47-4)37-32(40)28(51-34(37)36-23)15-18-13-22(35)31(27(14-18)48-5)50-26-11-9-19(38(42)43)16-24(26)39(44)45/h9-17,30H,6-8H2,1-5H3/b28-15-/t30-/m0/s1. The van der Waals surface area contributed by atoms with Gasteiger partial charge in [0.05, 0.1) is 64.1 Å². The Labute approximate surface area is 302 Å². The van der Waals surface area contributed by atoms with Crippen LogP contribution in [-0.2, 0) is 9.53 Å². The van der Waals surface area contributed by atoms with E-state index in [4.69, 9.17) is 28.7 Å². The van der Waals surface area contributed by atoms with E-state index in [0.717, 1.165) is 29.5 Å². The van der Waals surface area contributed by atoms with Crippen LogP contribution in [0.4, 0.5) is 11.4 Å². The number of thiazole rings is 1. The number of non-ortho nitro benzene ring substituents is 1. The van der Waals surface area contributed by atoms with E-state index < -0.39 is 38.8 Å². The van der Waals surface area contributed by atoms with Gasteiger partial charge in [0.1, 0.15) is 17.5 Å². The van der Waals surface area contributed by atoms with Crippen molar-refractivity contribution < 1.29 is 38.3 Å². The normalized spacial score (nSPS) is 14.0. The van der Waals surface area contributed by atoms with Crippen molar-refractivity contribution in [1.82, 2.24) is 4.57 Å². The van der Waals surface area contributed by atoms with Gasteiger partial charge in [0.25, 0.3) is 11.2 Å². The van der Waals surface area contributed by atoms with Crippen molar-refractivity contribution in [3.05, 3.63) is 115 Å². The number of nitro benzene ring substituents is 2. The van der Waals surface area contributed by atoms with Gasteiger partial charge in [-0.05, 0) is 77.3 Å². The van der Waals surface area contributed by atoms with Gasteiger partial charge in [-0.3, -0.25) is 29.6 Å². The maximum absolute atomic E-state index is 14.3. The van der Waals surface area contributed by atoms with Gasteiger partial charge in [0.2, 0.25) is 5.75 Å². The van der Waals surface area contributed by atoms with Crippen LogP contribution in [0.1, 0.15) is 43.9 Å². The zero-order valence-corrected chi connectivity index (χ0v) is 30.4. The Balaban J connectivity index is 1.68. The molecule has 2 heterocycles. The van der Waals surface area contributed by atoms with Crippen molar-refractivity contribution >= 4 is 50.7 Å². The summed E-state index contributed by atoms with van der Waals surface area (Å²) in [5, 5.41) is 22.9. The van der Waals surface area contributed by atoms with Crippen molar-refractivity contribution in [1.29, 1.82) is 0 Å². The predicted molar refractivity (Wildman–Crippen MR) is 190 cm³/mol. The van der Waals surface area contributed by atoms with Crippen LogP contribution in [0.25, 0.3) is 6.08 Å². The zero-order chi connectivity index (χ0) is 37.0. The summed E-state index contributed by atoms with van der Waals surface area (Å²) in [6, 6.07) is 10.4. The molecule has 0 aliphatic carbocycles.